The van der Waals surface area contributed by atoms with Gasteiger partial charge in [0.05, 0.1) is 0 Å². The molecule has 0 unspecified atom stereocenters. The Balaban J connectivity index is 2.09. The maximum atomic E-state index is 9.88. The van der Waals surface area contributed by atoms with Gasteiger partial charge >= 0.3 is 0 Å². The molecule has 1 heteroatoms. The lowest BCUT2D eigenvalue weighted by atomic mass is 10.2. The molecule has 0 aliphatic heterocycles. The van der Waals surface area contributed by atoms with Crippen molar-refractivity contribution in [1.82, 2.24) is 0 Å². The van der Waals surface area contributed by atoms with Crippen LogP contribution in [0.15, 0.2) is 18.2 Å². The number of allylic oxidation sites excluding steroid dienone is 3. The van der Waals surface area contributed by atoms with Crippen LogP contribution in [0.25, 0.3) is 0 Å². The zero-order chi connectivity index (χ0) is 6.27. The first-order valence-corrected chi connectivity index (χ1v) is 3.31. The standard InChI is InChI=1S/C8H8O/c9-5-4-8-6-2-1-3-7(6)8/h1-2,4,6-8H,3H2/t6-,7+,8-/m0/s1. The molecule has 3 atom stereocenters. The monoisotopic (exact) mass is 120 g/mol. The molecule has 9 heavy (non-hydrogen) atoms. The van der Waals surface area contributed by atoms with Gasteiger partial charge in [-0.3, -0.25) is 0 Å². The molecule has 2 rings (SSSR count). The molecule has 0 aromatic carbocycles. The fourth-order valence-electron chi connectivity index (χ4n) is 1.72. The third kappa shape index (κ3) is 0.585. The van der Waals surface area contributed by atoms with E-state index in [1.54, 1.807) is 6.08 Å². The van der Waals surface area contributed by atoms with E-state index in [1.165, 1.54) is 6.42 Å². The minimum absolute atomic E-state index is 0.549. The van der Waals surface area contributed by atoms with Gasteiger partial charge < -0.3 is 0 Å². The van der Waals surface area contributed by atoms with Crippen molar-refractivity contribution in [3.05, 3.63) is 18.2 Å². The number of fused-ring (bicyclic) bond motifs is 1. The fraction of sp³-hybridized carbons (Fsp3) is 0.500. The van der Waals surface area contributed by atoms with E-state index in [1.807, 2.05) is 5.94 Å². The van der Waals surface area contributed by atoms with Gasteiger partial charge in [-0.2, -0.15) is 0 Å². The van der Waals surface area contributed by atoms with Crippen LogP contribution < -0.4 is 0 Å². The summed E-state index contributed by atoms with van der Waals surface area (Å²) in [6.07, 6.45) is 7.25. The largest absolute Gasteiger partial charge is 0.234 e. The normalized spacial score (nSPS) is 43.8. The van der Waals surface area contributed by atoms with Crippen molar-refractivity contribution in [1.29, 1.82) is 0 Å². The molecule has 0 heterocycles. The summed E-state index contributed by atoms with van der Waals surface area (Å²) in [6, 6.07) is 0. The third-order valence-electron chi connectivity index (χ3n) is 2.32. The van der Waals surface area contributed by atoms with E-state index in [0.29, 0.717) is 11.8 Å². The molecule has 2 aliphatic carbocycles. The zero-order valence-corrected chi connectivity index (χ0v) is 5.08. The number of rotatable bonds is 1. The molecule has 0 radical (unpaired) electrons. The van der Waals surface area contributed by atoms with Gasteiger partial charge in [0, 0.05) is 6.08 Å². The van der Waals surface area contributed by atoms with Crippen molar-refractivity contribution in [2.45, 2.75) is 6.42 Å². The van der Waals surface area contributed by atoms with Crippen molar-refractivity contribution >= 4 is 5.94 Å². The van der Waals surface area contributed by atoms with Crippen LogP contribution in [0.2, 0.25) is 0 Å². The van der Waals surface area contributed by atoms with Crippen LogP contribution in [0, 0.1) is 17.8 Å². The van der Waals surface area contributed by atoms with E-state index in [-0.39, 0.29) is 0 Å². The van der Waals surface area contributed by atoms with E-state index in [2.05, 4.69) is 12.2 Å². The molecule has 0 amide bonds. The van der Waals surface area contributed by atoms with Crippen LogP contribution in [-0.4, -0.2) is 5.94 Å². The van der Waals surface area contributed by atoms with Crippen molar-refractivity contribution in [2.75, 3.05) is 0 Å². The van der Waals surface area contributed by atoms with Gasteiger partial charge in [-0.15, -0.1) is 0 Å². The van der Waals surface area contributed by atoms with Crippen molar-refractivity contribution in [2.24, 2.45) is 17.8 Å². The molecule has 1 saturated carbocycles. The maximum Gasteiger partial charge on any atom is 0.120 e. The molecular formula is C8H8O. The summed E-state index contributed by atoms with van der Waals surface area (Å²) in [7, 11) is 0. The molecule has 0 saturated heterocycles. The highest BCUT2D eigenvalue weighted by Gasteiger charge is 2.48. The van der Waals surface area contributed by atoms with Gasteiger partial charge in [0.2, 0.25) is 0 Å². The van der Waals surface area contributed by atoms with E-state index >= 15 is 0 Å². The van der Waals surface area contributed by atoms with E-state index < -0.39 is 0 Å². The van der Waals surface area contributed by atoms with E-state index in [4.69, 9.17) is 0 Å². The van der Waals surface area contributed by atoms with Crippen molar-refractivity contribution < 1.29 is 4.79 Å². The molecule has 0 aromatic rings. The van der Waals surface area contributed by atoms with Crippen molar-refractivity contribution in [3.8, 4) is 0 Å². The molecule has 0 bridgehead atoms. The molecule has 1 nitrogen and oxygen atoms in total. The lowest BCUT2D eigenvalue weighted by molar-refractivity contribution is 0.567. The quantitative estimate of drug-likeness (QED) is 0.375. The van der Waals surface area contributed by atoms with Crippen LogP contribution in [0.5, 0.6) is 0 Å². The van der Waals surface area contributed by atoms with Crippen molar-refractivity contribution in [3.63, 3.8) is 0 Å². The summed E-state index contributed by atoms with van der Waals surface area (Å²) in [5.74, 6) is 3.87. The Kier molecular flexibility index (Phi) is 0.882. The van der Waals surface area contributed by atoms with E-state index in [0.717, 1.165) is 5.92 Å². The SMILES string of the molecule is O=C=C[C@H]1[C@H]2C=CC[C@H]21. The first kappa shape index (κ1) is 5.01. The summed E-state index contributed by atoms with van der Waals surface area (Å²) >= 11 is 0. The predicted molar refractivity (Wildman–Crippen MR) is 34.5 cm³/mol. The van der Waals surface area contributed by atoms with Gasteiger partial charge in [-0.05, 0) is 24.2 Å². The number of hydrogen-bond donors (Lipinski definition) is 0. The number of carbonyl (C=O) groups excluding carboxylic acids is 1. The van der Waals surface area contributed by atoms with Gasteiger partial charge in [0.25, 0.3) is 0 Å². The van der Waals surface area contributed by atoms with Gasteiger partial charge in [-0.25, -0.2) is 4.79 Å². The zero-order valence-electron chi connectivity index (χ0n) is 5.08. The Morgan fingerprint density at radius 2 is 2.56 bits per heavy atom. The summed E-state index contributed by atoms with van der Waals surface area (Å²) < 4.78 is 0. The summed E-state index contributed by atoms with van der Waals surface area (Å²) in [4.78, 5) is 9.88. The highest BCUT2D eigenvalue weighted by Crippen LogP contribution is 2.53. The Hall–Kier alpha value is -0.810. The Morgan fingerprint density at radius 3 is 3.11 bits per heavy atom. The molecule has 46 valence electrons. The number of hydrogen-bond acceptors (Lipinski definition) is 1. The van der Waals surface area contributed by atoms with Crippen LogP contribution in [0.4, 0.5) is 0 Å². The predicted octanol–water partition coefficient (Wildman–Crippen LogP) is 1.20. The minimum Gasteiger partial charge on any atom is -0.234 e. The lowest BCUT2D eigenvalue weighted by Gasteiger charge is -1.83. The second-order valence-corrected chi connectivity index (χ2v) is 2.77. The average Bonchev–Trinajstić information content (AvgIpc) is 2.39. The summed E-state index contributed by atoms with van der Waals surface area (Å²) in [5, 5.41) is 0. The van der Waals surface area contributed by atoms with Crippen LogP contribution in [0.1, 0.15) is 6.42 Å². The first-order valence-electron chi connectivity index (χ1n) is 3.31. The molecule has 0 N–H and O–H groups in total. The highest BCUT2D eigenvalue weighted by atomic mass is 16.1. The minimum atomic E-state index is 0.549. The second kappa shape index (κ2) is 1.58. The topological polar surface area (TPSA) is 17.1 Å². The molecule has 1 fully saturated rings. The Morgan fingerprint density at radius 1 is 1.67 bits per heavy atom. The van der Waals surface area contributed by atoms with Gasteiger partial charge in [-0.1, -0.05) is 12.2 Å². The second-order valence-electron chi connectivity index (χ2n) is 2.77. The average molecular weight is 120 g/mol. The first-order chi connectivity index (χ1) is 4.43. The third-order valence-corrected chi connectivity index (χ3v) is 2.32. The molecule has 2 aliphatic rings. The van der Waals surface area contributed by atoms with Gasteiger partial charge in [0.1, 0.15) is 5.94 Å². The van der Waals surface area contributed by atoms with E-state index in [9.17, 15) is 4.79 Å². The van der Waals surface area contributed by atoms with Gasteiger partial charge in [0.15, 0.2) is 0 Å². The molecule has 0 spiro atoms. The van der Waals surface area contributed by atoms with Crippen LogP contribution in [-0.2, 0) is 4.79 Å². The van der Waals surface area contributed by atoms with Crippen LogP contribution in [0.3, 0.4) is 0 Å². The maximum absolute atomic E-state index is 9.88. The Bertz CT molecular complexity index is 199. The summed E-state index contributed by atoms with van der Waals surface area (Å²) in [5.41, 5.74) is 0. The summed E-state index contributed by atoms with van der Waals surface area (Å²) in [6.45, 7) is 0. The highest BCUT2D eigenvalue weighted by molar-refractivity contribution is 5.48. The Labute approximate surface area is 54.1 Å². The molecule has 0 aromatic heterocycles. The van der Waals surface area contributed by atoms with Crippen LogP contribution >= 0.6 is 0 Å². The smallest absolute Gasteiger partial charge is 0.120 e. The fourth-order valence-corrected chi connectivity index (χ4v) is 1.72. The lowest BCUT2D eigenvalue weighted by Crippen LogP contribution is -1.75. The molecular weight excluding hydrogens is 112 g/mol.